The van der Waals surface area contributed by atoms with Crippen molar-refractivity contribution in [2.45, 2.75) is 18.0 Å². The second-order valence-electron chi connectivity index (χ2n) is 5.29. The molecule has 2 aromatic carbocycles. The van der Waals surface area contributed by atoms with Crippen molar-refractivity contribution in [3.05, 3.63) is 58.7 Å². The van der Waals surface area contributed by atoms with Gasteiger partial charge in [-0.2, -0.15) is 0 Å². The number of fused-ring (bicyclic) bond motifs is 2. The lowest BCUT2D eigenvalue weighted by Gasteiger charge is -2.20. The van der Waals surface area contributed by atoms with Crippen molar-refractivity contribution in [3.8, 4) is 11.5 Å². The van der Waals surface area contributed by atoms with Crippen molar-refractivity contribution in [2.24, 2.45) is 0 Å². The molecule has 21 heavy (non-hydrogen) atoms. The molecule has 1 atom stereocenters. The minimum absolute atomic E-state index is 0.138. The highest BCUT2D eigenvalue weighted by Gasteiger charge is 2.18. The molecule has 2 heterocycles. The molecule has 2 aliphatic heterocycles. The van der Waals surface area contributed by atoms with Gasteiger partial charge in [0.25, 0.3) is 0 Å². The fraction of sp³-hybridized carbons (Fsp3) is 0.294. The normalized spacial score (nSPS) is 17.4. The first-order chi connectivity index (χ1) is 10.3. The number of hydrogen-bond acceptors (Lipinski definition) is 3. The second kappa shape index (κ2) is 5.35. The minimum Gasteiger partial charge on any atom is -0.486 e. The molecule has 0 saturated carbocycles. The fourth-order valence-corrected chi connectivity index (χ4v) is 3.33. The summed E-state index contributed by atoms with van der Waals surface area (Å²) in [4.78, 5) is 0.138. The first-order valence-corrected chi connectivity index (χ1v) is 7.96. The van der Waals surface area contributed by atoms with E-state index in [-0.39, 0.29) is 4.83 Å². The maximum absolute atomic E-state index is 5.66. The third-order valence-corrected chi connectivity index (χ3v) is 4.95. The van der Waals surface area contributed by atoms with Crippen LogP contribution < -0.4 is 9.47 Å². The summed E-state index contributed by atoms with van der Waals surface area (Å²) in [5, 5.41) is 0. The lowest BCUT2D eigenvalue weighted by molar-refractivity contribution is 0.134. The molecule has 0 aliphatic carbocycles. The molecule has 3 nitrogen and oxygen atoms in total. The summed E-state index contributed by atoms with van der Waals surface area (Å²) in [6, 6.07) is 12.6. The molecule has 108 valence electrons. The van der Waals surface area contributed by atoms with Crippen LogP contribution in [0, 0.1) is 0 Å². The third-order valence-electron chi connectivity index (χ3n) is 3.90. The van der Waals surface area contributed by atoms with Crippen LogP contribution in [0.15, 0.2) is 36.4 Å². The Kier molecular flexibility index (Phi) is 3.36. The van der Waals surface area contributed by atoms with E-state index in [2.05, 4.69) is 46.3 Å². The number of halogens is 1. The van der Waals surface area contributed by atoms with Crippen molar-refractivity contribution in [3.63, 3.8) is 0 Å². The molecule has 0 bridgehead atoms. The van der Waals surface area contributed by atoms with E-state index in [0.29, 0.717) is 19.8 Å². The Bertz CT molecular complexity index is 684. The quantitative estimate of drug-likeness (QED) is 0.770. The van der Waals surface area contributed by atoms with Gasteiger partial charge in [-0.1, -0.05) is 40.2 Å². The molecule has 4 heteroatoms. The number of ether oxygens (including phenoxy) is 3. The Hall–Kier alpha value is -1.52. The summed E-state index contributed by atoms with van der Waals surface area (Å²) in [5.74, 6) is 1.65. The van der Waals surface area contributed by atoms with Gasteiger partial charge in [-0.25, -0.2) is 0 Å². The summed E-state index contributed by atoms with van der Waals surface area (Å²) in [6.45, 7) is 2.67. The summed E-state index contributed by atoms with van der Waals surface area (Å²) < 4.78 is 16.7. The van der Waals surface area contributed by atoms with Crippen molar-refractivity contribution in [1.82, 2.24) is 0 Å². The molecular weight excluding hydrogens is 332 g/mol. The zero-order valence-corrected chi connectivity index (χ0v) is 13.1. The van der Waals surface area contributed by atoms with Crippen LogP contribution in [0.25, 0.3) is 0 Å². The van der Waals surface area contributed by atoms with E-state index in [0.717, 1.165) is 23.7 Å². The van der Waals surface area contributed by atoms with E-state index in [4.69, 9.17) is 14.2 Å². The number of hydrogen-bond donors (Lipinski definition) is 0. The first-order valence-electron chi connectivity index (χ1n) is 7.04. The van der Waals surface area contributed by atoms with Crippen LogP contribution >= 0.6 is 15.9 Å². The summed E-state index contributed by atoms with van der Waals surface area (Å²) in [5.41, 5.74) is 4.98. The lowest BCUT2D eigenvalue weighted by atomic mass is 10.00. The lowest BCUT2D eigenvalue weighted by Crippen LogP contribution is -2.15. The molecule has 2 aromatic rings. The van der Waals surface area contributed by atoms with Crippen molar-refractivity contribution in [2.75, 3.05) is 13.2 Å². The third kappa shape index (κ3) is 2.43. The van der Waals surface area contributed by atoms with E-state index < -0.39 is 0 Å². The van der Waals surface area contributed by atoms with Crippen molar-refractivity contribution < 1.29 is 14.2 Å². The van der Waals surface area contributed by atoms with E-state index in [9.17, 15) is 0 Å². The highest BCUT2D eigenvalue weighted by Crippen LogP contribution is 2.38. The molecule has 0 radical (unpaired) electrons. The molecule has 1 unspecified atom stereocenters. The van der Waals surface area contributed by atoms with Gasteiger partial charge in [-0.05, 0) is 34.4 Å². The van der Waals surface area contributed by atoms with Gasteiger partial charge in [0.05, 0.1) is 18.0 Å². The molecule has 0 amide bonds. The minimum atomic E-state index is 0.138. The van der Waals surface area contributed by atoms with Gasteiger partial charge >= 0.3 is 0 Å². The number of alkyl halides is 1. The van der Waals surface area contributed by atoms with Crippen molar-refractivity contribution in [1.29, 1.82) is 0 Å². The Morgan fingerprint density at radius 2 is 1.52 bits per heavy atom. The Labute approximate surface area is 132 Å². The molecule has 4 rings (SSSR count). The van der Waals surface area contributed by atoms with Gasteiger partial charge in [0.15, 0.2) is 11.5 Å². The SMILES string of the molecule is BrC(c1ccc2c(c1)COC2)c1ccc2c(c1)OCCO2. The van der Waals surface area contributed by atoms with Gasteiger partial charge in [-0.3, -0.25) is 0 Å². The maximum atomic E-state index is 5.66. The van der Waals surface area contributed by atoms with Crippen molar-refractivity contribution >= 4 is 15.9 Å². The number of benzene rings is 2. The predicted molar refractivity (Wildman–Crippen MR) is 83.1 cm³/mol. The van der Waals surface area contributed by atoms with E-state index in [1.54, 1.807) is 0 Å². The van der Waals surface area contributed by atoms with Crippen LogP contribution in [0.5, 0.6) is 11.5 Å². The van der Waals surface area contributed by atoms with Crippen LogP contribution in [0.3, 0.4) is 0 Å². The van der Waals surface area contributed by atoms with E-state index in [1.165, 1.54) is 16.7 Å². The maximum Gasteiger partial charge on any atom is 0.161 e. The number of rotatable bonds is 2. The standard InChI is InChI=1S/C17H15BrO3/c18-17(11-1-2-13-9-19-10-14(13)7-11)12-3-4-15-16(8-12)21-6-5-20-15/h1-4,7-8,17H,5-6,9-10H2. The average molecular weight is 347 g/mol. The molecule has 0 saturated heterocycles. The molecular formula is C17H15BrO3. The largest absolute Gasteiger partial charge is 0.486 e. The zero-order valence-electron chi connectivity index (χ0n) is 11.5. The van der Waals surface area contributed by atoms with Gasteiger partial charge in [0.2, 0.25) is 0 Å². The zero-order chi connectivity index (χ0) is 14.2. The van der Waals surface area contributed by atoms with Crippen LogP contribution in [0.1, 0.15) is 27.1 Å². The molecule has 0 fully saturated rings. The first kappa shape index (κ1) is 13.2. The predicted octanol–water partition coefficient (Wildman–Crippen LogP) is 3.97. The van der Waals surface area contributed by atoms with Gasteiger partial charge < -0.3 is 14.2 Å². The molecule has 0 spiro atoms. The Morgan fingerprint density at radius 1 is 0.810 bits per heavy atom. The van der Waals surface area contributed by atoms with Crippen LogP contribution in [0.2, 0.25) is 0 Å². The average Bonchev–Trinajstić information content (AvgIpc) is 3.01. The fourth-order valence-electron chi connectivity index (χ4n) is 2.76. The highest BCUT2D eigenvalue weighted by atomic mass is 79.9. The van der Waals surface area contributed by atoms with Crippen LogP contribution in [-0.2, 0) is 18.0 Å². The monoisotopic (exact) mass is 346 g/mol. The Balaban J connectivity index is 1.66. The van der Waals surface area contributed by atoms with Crippen LogP contribution in [0.4, 0.5) is 0 Å². The molecule has 0 N–H and O–H groups in total. The van der Waals surface area contributed by atoms with Gasteiger partial charge in [0.1, 0.15) is 13.2 Å². The molecule has 2 aliphatic rings. The van der Waals surface area contributed by atoms with Gasteiger partial charge in [0, 0.05) is 0 Å². The smallest absolute Gasteiger partial charge is 0.161 e. The van der Waals surface area contributed by atoms with E-state index >= 15 is 0 Å². The summed E-state index contributed by atoms with van der Waals surface area (Å²) in [6.07, 6.45) is 0. The topological polar surface area (TPSA) is 27.7 Å². The summed E-state index contributed by atoms with van der Waals surface area (Å²) in [7, 11) is 0. The van der Waals surface area contributed by atoms with Crippen LogP contribution in [-0.4, -0.2) is 13.2 Å². The van der Waals surface area contributed by atoms with E-state index in [1.807, 2.05) is 6.07 Å². The van der Waals surface area contributed by atoms with Gasteiger partial charge in [-0.15, -0.1) is 0 Å². The molecule has 0 aromatic heterocycles. The highest BCUT2D eigenvalue weighted by molar-refractivity contribution is 9.09. The second-order valence-corrected chi connectivity index (χ2v) is 6.20. The Morgan fingerprint density at radius 3 is 2.43 bits per heavy atom. The summed E-state index contributed by atoms with van der Waals surface area (Å²) >= 11 is 3.79.